The summed E-state index contributed by atoms with van der Waals surface area (Å²) >= 11 is 12.3. The zero-order valence-corrected chi connectivity index (χ0v) is 23.8. The lowest BCUT2D eigenvalue weighted by Gasteiger charge is -2.28. The number of anilines is 2. The van der Waals surface area contributed by atoms with Gasteiger partial charge in [-0.1, -0.05) is 23.7 Å². The molecular formula is C30H30ClN5O2S. The molecule has 0 radical (unpaired) electrons. The Hall–Kier alpha value is -3.72. The second kappa shape index (κ2) is 11.2. The van der Waals surface area contributed by atoms with E-state index in [2.05, 4.69) is 51.9 Å². The molecule has 2 N–H and O–H groups in total. The molecule has 1 aliphatic heterocycles. The van der Waals surface area contributed by atoms with Gasteiger partial charge in [-0.25, -0.2) is 0 Å². The maximum atomic E-state index is 12.0. The van der Waals surface area contributed by atoms with Crippen molar-refractivity contribution < 1.29 is 9.53 Å². The van der Waals surface area contributed by atoms with Gasteiger partial charge in [0.1, 0.15) is 6.61 Å². The second-order valence-electron chi connectivity index (χ2n) is 9.62. The summed E-state index contributed by atoms with van der Waals surface area (Å²) in [6.07, 6.45) is 1.80. The van der Waals surface area contributed by atoms with E-state index in [-0.39, 0.29) is 24.6 Å². The highest BCUT2D eigenvalue weighted by Gasteiger charge is 2.42. The third-order valence-electron chi connectivity index (χ3n) is 7.00. The van der Waals surface area contributed by atoms with Crippen molar-refractivity contribution in [1.29, 1.82) is 0 Å². The summed E-state index contributed by atoms with van der Waals surface area (Å²) in [6.45, 7) is 6.32. The molecule has 0 spiro atoms. The van der Waals surface area contributed by atoms with Crippen LogP contribution in [0.15, 0.2) is 72.9 Å². The van der Waals surface area contributed by atoms with Crippen molar-refractivity contribution in [3.8, 4) is 5.69 Å². The Labute approximate surface area is 238 Å². The molecular weight excluding hydrogens is 530 g/mol. The van der Waals surface area contributed by atoms with Crippen LogP contribution in [0.4, 0.5) is 11.4 Å². The van der Waals surface area contributed by atoms with Crippen LogP contribution in [0, 0.1) is 20.8 Å². The van der Waals surface area contributed by atoms with Crippen LogP contribution in [0.25, 0.3) is 5.69 Å². The lowest BCUT2D eigenvalue weighted by molar-refractivity contribution is -0.119. The van der Waals surface area contributed by atoms with Crippen LogP contribution in [-0.4, -0.2) is 34.3 Å². The molecule has 1 saturated heterocycles. The number of carbonyl (C=O) groups excluding carboxylic acids is 1. The first-order valence-corrected chi connectivity index (χ1v) is 13.4. The minimum Gasteiger partial charge on any atom is -0.375 e. The number of hydrogen-bond acceptors (Lipinski definition) is 4. The van der Waals surface area contributed by atoms with Gasteiger partial charge in [0.2, 0.25) is 5.91 Å². The molecule has 1 aliphatic rings. The number of pyridine rings is 1. The summed E-state index contributed by atoms with van der Waals surface area (Å²) < 4.78 is 7.17. The van der Waals surface area contributed by atoms with E-state index in [0.717, 1.165) is 39.6 Å². The van der Waals surface area contributed by atoms with Crippen LogP contribution in [0.1, 0.15) is 40.3 Å². The van der Waals surface area contributed by atoms with Gasteiger partial charge in [-0.2, -0.15) is 0 Å². The summed E-state index contributed by atoms with van der Waals surface area (Å²) in [7, 11) is 1.49. The quantitative estimate of drug-likeness (QED) is 0.262. The van der Waals surface area contributed by atoms with Crippen LogP contribution in [-0.2, 0) is 9.53 Å². The van der Waals surface area contributed by atoms with Gasteiger partial charge in [0.05, 0.1) is 17.8 Å². The number of halogens is 1. The molecule has 2 aromatic heterocycles. The van der Waals surface area contributed by atoms with Gasteiger partial charge in [0.25, 0.3) is 0 Å². The zero-order chi connectivity index (χ0) is 27.7. The van der Waals surface area contributed by atoms with E-state index in [9.17, 15) is 4.79 Å². The number of nitrogens with one attached hydrogen (secondary N) is 2. The number of nitrogens with zero attached hydrogens (tertiary/aromatic N) is 3. The van der Waals surface area contributed by atoms with Crippen molar-refractivity contribution in [2.45, 2.75) is 32.9 Å². The molecule has 39 heavy (non-hydrogen) atoms. The van der Waals surface area contributed by atoms with Crippen molar-refractivity contribution in [2.24, 2.45) is 0 Å². The lowest BCUT2D eigenvalue weighted by Crippen LogP contribution is -2.29. The molecule has 2 atom stereocenters. The number of thiocarbonyl (C=S) groups is 1. The molecule has 1 amide bonds. The van der Waals surface area contributed by atoms with E-state index in [1.165, 1.54) is 7.11 Å². The topological polar surface area (TPSA) is 71.4 Å². The number of carbonyl (C=O) groups is 1. The fourth-order valence-corrected chi connectivity index (χ4v) is 5.78. The van der Waals surface area contributed by atoms with E-state index in [4.69, 9.17) is 28.6 Å². The third-order valence-corrected chi connectivity index (χ3v) is 7.55. The Morgan fingerprint density at radius 1 is 1.10 bits per heavy atom. The van der Waals surface area contributed by atoms with Gasteiger partial charge >= 0.3 is 0 Å². The summed E-state index contributed by atoms with van der Waals surface area (Å²) in [6, 6.07) is 21.4. The van der Waals surface area contributed by atoms with Crippen molar-refractivity contribution >= 4 is 46.2 Å². The minimum absolute atomic E-state index is 0.00255. The third kappa shape index (κ3) is 5.28. The van der Waals surface area contributed by atoms with Crippen molar-refractivity contribution in [3.63, 3.8) is 0 Å². The highest BCUT2D eigenvalue weighted by Crippen LogP contribution is 2.44. The number of ether oxygens (including phenoxy) is 1. The maximum Gasteiger partial charge on any atom is 0.250 e. The van der Waals surface area contributed by atoms with E-state index >= 15 is 0 Å². The maximum absolute atomic E-state index is 12.0. The summed E-state index contributed by atoms with van der Waals surface area (Å²) in [5.41, 5.74) is 8.01. The van der Waals surface area contributed by atoms with Gasteiger partial charge in [-0.05, 0) is 98.7 Å². The summed E-state index contributed by atoms with van der Waals surface area (Å²) in [5.74, 6) is -0.208. The van der Waals surface area contributed by atoms with Gasteiger partial charge in [0.15, 0.2) is 5.11 Å². The lowest BCUT2D eigenvalue weighted by atomic mass is 9.96. The Morgan fingerprint density at radius 2 is 1.87 bits per heavy atom. The molecule has 1 fully saturated rings. The van der Waals surface area contributed by atoms with E-state index < -0.39 is 0 Å². The van der Waals surface area contributed by atoms with Crippen molar-refractivity contribution in [2.75, 3.05) is 23.9 Å². The molecule has 0 unspecified atom stereocenters. The molecule has 3 heterocycles. The summed E-state index contributed by atoms with van der Waals surface area (Å²) in [5, 5.41) is 7.67. The van der Waals surface area contributed by atoms with Crippen LogP contribution < -0.4 is 15.5 Å². The smallest absolute Gasteiger partial charge is 0.250 e. The Balaban J connectivity index is 1.60. The highest BCUT2D eigenvalue weighted by molar-refractivity contribution is 7.80. The Morgan fingerprint density at radius 3 is 2.56 bits per heavy atom. The fraction of sp³-hybridized carbons (Fsp3) is 0.233. The first kappa shape index (κ1) is 26.9. The van der Waals surface area contributed by atoms with Crippen LogP contribution in [0.3, 0.4) is 0 Å². The fourth-order valence-electron chi connectivity index (χ4n) is 5.26. The number of rotatable bonds is 7. The number of amides is 1. The Kier molecular flexibility index (Phi) is 7.70. The SMILES string of the molecule is COCC(=O)Nc1ccc(N2C(=S)N[C@@H](c3ccccn3)[C@H]2c2cc(C)n(-c3cc(Cl)ccc3C)c2C)cc1. The predicted molar refractivity (Wildman–Crippen MR) is 160 cm³/mol. The molecule has 4 aromatic rings. The van der Waals surface area contributed by atoms with Gasteiger partial charge in [0, 0.05) is 46.8 Å². The first-order valence-electron chi connectivity index (χ1n) is 12.6. The number of hydrogen-bond donors (Lipinski definition) is 2. The number of aromatic nitrogens is 2. The molecule has 2 aromatic carbocycles. The van der Waals surface area contributed by atoms with Gasteiger partial charge in [-0.3, -0.25) is 9.78 Å². The molecule has 7 nitrogen and oxygen atoms in total. The van der Waals surface area contributed by atoms with E-state index in [0.29, 0.717) is 15.8 Å². The number of methoxy groups -OCH3 is 1. The van der Waals surface area contributed by atoms with Gasteiger partial charge < -0.3 is 24.8 Å². The molecule has 9 heteroatoms. The zero-order valence-electron chi connectivity index (χ0n) is 22.2. The van der Waals surface area contributed by atoms with Crippen LogP contribution in [0.5, 0.6) is 0 Å². The first-order chi connectivity index (χ1) is 18.8. The monoisotopic (exact) mass is 559 g/mol. The molecule has 0 aliphatic carbocycles. The van der Waals surface area contributed by atoms with Crippen molar-refractivity contribution in [1.82, 2.24) is 14.9 Å². The highest BCUT2D eigenvalue weighted by atomic mass is 35.5. The average Bonchev–Trinajstić information content (AvgIpc) is 3.41. The van der Waals surface area contributed by atoms with Crippen LogP contribution >= 0.6 is 23.8 Å². The second-order valence-corrected chi connectivity index (χ2v) is 10.4. The molecule has 5 rings (SSSR count). The average molecular weight is 560 g/mol. The minimum atomic E-state index is -0.208. The summed E-state index contributed by atoms with van der Waals surface area (Å²) in [4.78, 5) is 18.8. The largest absolute Gasteiger partial charge is 0.375 e. The number of benzene rings is 2. The van der Waals surface area contributed by atoms with E-state index in [1.807, 2.05) is 60.7 Å². The Bertz CT molecular complexity index is 1520. The van der Waals surface area contributed by atoms with Crippen molar-refractivity contribution in [3.05, 3.63) is 106 Å². The van der Waals surface area contributed by atoms with Crippen LogP contribution in [0.2, 0.25) is 5.02 Å². The van der Waals surface area contributed by atoms with Gasteiger partial charge in [-0.15, -0.1) is 0 Å². The molecule has 200 valence electrons. The van der Waals surface area contributed by atoms with E-state index in [1.54, 1.807) is 6.20 Å². The standard InChI is InChI=1S/C30H30ClN5O2S/c1-18-8-9-21(31)16-26(18)35-19(2)15-24(20(35)3)29-28(25-7-5-6-14-32-25)34-30(39)36(29)23-12-10-22(11-13-23)33-27(37)17-38-4/h5-16,28-29H,17H2,1-4H3,(H,33,37)(H,34,39)/t28-,29+/m0/s1. The predicted octanol–water partition coefficient (Wildman–Crippen LogP) is 6.21. The normalized spacial score (nSPS) is 16.8. The number of aryl methyl sites for hydroxylation is 2. The molecule has 0 saturated carbocycles. The molecule has 0 bridgehead atoms.